The fourth-order valence-corrected chi connectivity index (χ4v) is 2.14. The minimum Gasteiger partial charge on any atom is -0.496 e. The summed E-state index contributed by atoms with van der Waals surface area (Å²) < 4.78 is 45.1. The SMILES string of the molecule is COc1cc(-c2nc(C(F)(F)F)cn2C(C)C)ccc1C(=O)O. The predicted octanol–water partition coefficient (Wildman–Crippen LogP) is 3.86. The normalized spacial score (nSPS) is 11.8. The Bertz CT molecular complexity index is 736. The van der Waals surface area contributed by atoms with Crippen LogP contribution in [-0.4, -0.2) is 27.7 Å². The molecule has 0 radical (unpaired) electrons. The third-order valence-electron chi connectivity index (χ3n) is 3.27. The Labute approximate surface area is 130 Å². The molecule has 124 valence electrons. The number of aromatic nitrogens is 2. The maximum atomic E-state index is 12.9. The molecule has 0 amide bonds. The van der Waals surface area contributed by atoms with E-state index in [1.165, 1.54) is 29.9 Å². The lowest BCUT2D eigenvalue weighted by Crippen LogP contribution is -2.05. The van der Waals surface area contributed by atoms with Crippen molar-refractivity contribution in [2.24, 2.45) is 0 Å². The van der Waals surface area contributed by atoms with Crippen molar-refractivity contribution in [2.45, 2.75) is 26.1 Å². The van der Waals surface area contributed by atoms with Gasteiger partial charge in [0.05, 0.1) is 7.11 Å². The van der Waals surface area contributed by atoms with Crippen molar-refractivity contribution in [1.29, 1.82) is 0 Å². The highest BCUT2D eigenvalue weighted by Gasteiger charge is 2.35. The average molecular weight is 328 g/mol. The first kappa shape index (κ1) is 16.9. The lowest BCUT2D eigenvalue weighted by atomic mass is 10.1. The number of carboxylic acids is 1. The van der Waals surface area contributed by atoms with Gasteiger partial charge in [-0.25, -0.2) is 9.78 Å². The molecular formula is C15H15F3N2O3. The number of hydrogen-bond acceptors (Lipinski definition) is 3. The van der Waals surface area contributed by atoms with E-state index in [-0.39, 0.29) is 23.2 Å². The molecule has 0 fully saturated rings. The molecule has 0 aliphatic heterocycles. The topological polar surface area (TPSA) is 64.4 Å². The van der Waals surface area contributed by atoms with Crippen LogP contribution in [0.4, 0.5) is 13.2 Å². The molecule has 1 aromatic heterocycles. The van der Waals surface area contributed by atoms with Crippen LogP contribution in [0.1, 0.15) is 35.9 Å². The summed E-state index contributed by atoms with van der Waals surface area (Å²) >= 11 is 0. The Balaban J connectivity index is 2.61. The smallest absolute Gasteiger partial charge is 0.434 e. The molecule has 5 nitrogen and oxygen atoms in total. The first-order valence-corrected chi connectivity index (χ1v) is 6.73. The van der Waals surface area contributed by atoms with Crippen LogP contribution in [0.2, 0.25) is 0 Å². The molecule has 0 saturated heterocycles. The zero-order valence-electron chi connectivity index (χ0n) is 12.7. The molecule has 0 aliphatic rings. The maximum absolute atomic E-state index is 12.9. The van der Waals surface area contributed by atoms with Crippen LogP contribution in [0.25, 0.3) is 11.4 Å². The highest BCUT2D eigenvalue weighted by molar-refractivity contribution is 5.91. The molecule has 0 saturated carbocycles. The number of halogens is 3. The van der Waals surface area contributed by atoms with Crippen molar-refractivity contribution in [3.05, 3.63) is 35.7 Å². The fourth-order valence-electron chi connectivity index (χ4n) is 2.14. The molecule has 1 aromatic carbocycles. The Morgan fingerprint density at radius 2 is 2.00 bits per heavy atom. The number of rotatable bonds is 4. The van der Waals surface area contributed by atoms with E-state index in [4.69, 9.17) is 9.84 Å². The highest BCUT2D eigenvalue weighted by Crippen LogP contribution is 2.34. The lowest BCUT2D eigenvalue weighted by Gasteiger charge is -2.12. The third-order valence-corrected chi connectivity index (χ3v) is 3.27. The van der Waals surface area contributed by atoms with Crippen molar-refractivity contribution < 1.29 is 27.8 Å². The van der Waals surface area contributed by atoms with Gasteiger partial charge < -0.3 is 14.4 Å². The molecule has 0 unspecified atom stereocenters. The zero-order valence-corrected chi connectivity index (χ0v) is 12.7. The van der Waals surface area contributed by atoms with Crippen LogP contribution in [0.3, 0.4) is 0 Å². The van der Waals surface area contributed by atoms with Gasteiger partial charge in [-0.2, -0.15) is 13.2 Å². The van der Waals surface area contributed by atoms with Gasteiger partial charge in [-0.15, -0.1) is 0 Å². The van der Waals surface area contributed by atoms with Gasteiger partial charge in [0.15, 0.2) is 5.69 Å². The maximum Gasteiger partial charge on any atom is 0.434 e. The van der Waals surface area contributed by atoms with E-state index in [1.807, 2.05) is 0 Å². The minimum atomic E-state index is -4.56. The van der Waals surface area contributed by atoms with Gasteiger partial charge in [0.2, 0.25) is 0 Å². The van der Waals surface area contributed by atoms with E-state index in [0.29, 0.717) is 5.56 Å². The Kier molecular flexibility index (Phi) is 4.35. The number of ether oxygens (including phenoxy) is 1. The average Bonchev–Trinajstić information content (AvgIpc) is 2.91. The largest absolute Gasteiger partial charge is 0.496 e. The van der Waals surface area contributed by atoms with Crippen LogP contribution in [0.5, 0.6) is 5.75 Å². The fraction of sp³-hybridized carbons (Fsp3) is 0.333. The summed E-state index contributed by atoms with van der Waals surface area (Å²) in [4.78, 5) is 14.7. The van der Waals surface area contributed by atoms with Crippen molar-refractivity contribution in [3.8, 4) is 17.1 Å². The van der Waals surface area contributed by atoms with E-state index < -0.39 is 17.8 Å². The van der Waals surface area contributed by atoms with Crippen molar-refractivity contribution >= 4 is 5.97 Å². The molecule has 23 heavy (non-hydrogen) atoms. The lowest BCUT2D eigenvalue weighted by molar-refractivity contribution is -0.140. The number of carboxylic acid groups (broad SMARTS) is 1. The summed E-state index contributed by atoms with van der Waals surface area (Å²) in [6.45, 7) is 3.46. The second-order valence-electron chi connectivity index (χ2n) is 5.17. The zero-order chi connectivity index (χ0) is 17.4. The van der Waals surface area contributed by atoms with Gasteiger partial charge >= 0.3 is 12.1 Å². The summed E-state index contributed by atoms with van der Waals surface area (Å²) in [6.07, 6.45) is -3.61. The molecule has 0 bridgehead atoms. The molecule has 2 rings (SSSR count). The van der Waals surface area contributed by atoms with E-state index in [9.17, 15) is 18.0 Å². The molecule has 0 atom stereocenters. The first-order chi connectivity index (χ1) is 10.6. The second kappa shape index (κ2) is 5.94. The number of alkyl halides is 3. The van der Waals surface area contributed by atoms with Gasteiger partial charge in [-0.05, 0) is 26.0 Å². The number of benzene rings is 1. The Hall–Kier alpha value is -2.51. The molecule has 1 heterocycles. The quantitative estimate of drug-likeness (QED) is 0.926. The number of hydrogen-bond donors (Lipinski definition) is 1. The van der Waals surface area contributed by atoms with Gasteiger partial charge in [0.25, 0.3) is 0 Å². The summed E-state index contributed by atoms with van der Waals surface area (Å²) in [5, 5.41) is 9.06. The highest BCUT2D eigenvalue weighted by atomic mass is 19.4. The van der Waals surface area contributed by atoms with Gasteiger partial charge in [0.1, 0.15) is 17.1 Å². The number of methoxy groups -OCH3 is 1. The molecule has 8 heteroatoms. The summed E-state index contributed by atoms with van der Waals surface area (Å²) in [5.74, 6) is -1.03. The van der Waals surface area contributed by atoms with Gasteiger partial charge in [-0.3, -0.25) is 0 Å². The van der Waals surface area contributed by atoms with E-state index >= 15 is 0 Å². The second-order valence-corrected chi connectivity index (χ2v) is 5.17. The molecule has 2 aromatic rings. The minimum absolute atomic E-state index is 0.0573. The molecular weight excluding hydrogens is 313 g/mol. The van der Waals surface area contributed by atoms with Crippen LogP contribution >= 0.6 is 0 Å². The van der Waals surface area contributed by atoms with Crippen molar-refractivity contribution in [2.75, 3.05) is 7.11 Å². The van der Waals surface area contributed by atoms with Gasteiger partial charge in [-0.1, -0.05) is 6.07 Å². The Morgan fingerprint density at radius 1 is 1.35 bits per heavy atom. The van der Waals surface area contributed by atoms with Crippen molar-refractivity contribution in [1.82, 2.24) is 9.55 Å². The third kappa shape index (κ3) is 3.30. The first-order valence-electron chi connectivity index (χ1n) is 6.73. The molecule has 1 N–H and O–H groups in total. The van der Waals surface area contributed by atoms with E-state index in [0.717, 1.165) is 6.20 Å². The number of nitrogens with zero attached hydrogens (tertiary/aromatic N) is 2. The molecule has 0 aliphatic carbocycles. The van der Waals surface area contributed by atoms with E-state index in [1.54, 1.807) is 13.8 Å². The number of carbonyl (C=O) groups is 1. The monoisotopic (exact) mass is 328 g/mol. The van der Waals surface area contributed by atoms with Crippen LogP contribution in [0.15, 0.2) is 24.4 Å². The predicted molar refractivity (Wildman–Crippen MR) is 76.6 cm³/mol. The van der Waals surface area contributed by atoms with Crippen LogP contribution in [0, 0.1) is 0 Å². The standard InChI is InChI=1S/C15H15F3N2O3/c1-8(2)20-7-12(15(16,17)18)19-13(20)9-4-5-10(14(21)22)11(6-9)23-3/h4-8H,1-3H3,(H,21,22). The summed E-state index contributed by atoms with van der Waals surface area (Å²) in [6, 6.07) is 3.81. The van der Waals surface area contributed by atoms with E-state index in [2.05, 4.69) is 4.98 Å². The van der Waals surface area contributed by atoms with Crippen LogP contribution < -0.4 is 4.74 Å². The van der Waals surface area contributed by atoms with Gasteiger partial charge in [0, 0.05) is 17.8 Å². The molecule has 0 spiro atoms. The van der Waals surface area contributed by atoms with Crippen LogP contribution in [-0.2, 0) is 6.18 Å². The summed E-state index contributed by atoms with van der Waals surface area (Å²) in [7, 11) is 1.29. The number of imidazole rings is 1. The number of aromatic carboxylic acids is 1. The summed E-state index contributed by atoms with van der Waals surface area (Å²) in [5.41, 5.74) is -0.728. The Morgan fingerprint density at radius 3 is 2.48 bits per heavy atom. The van der Waals surface area contributed by atoms with Crippen molar-refractivity contribution in [3.63, 3.8) is 0 Å².